The lowest BCUT2D eigenvalue weighted by atomic mass is 9.67. The number of halogens is 6. The molecule has 15 heteroatoms. The van der Waals surface area contributed by atoms with Crippen LogP contribution in [0.2, 0.25) is 0 Å². The fourth-order valence-electron chi connectivity index (χ4n) is 7.15. The molecule has 2 heterocycles. The zero-order chi connectivity index (χ0) is 38.4. The van der Waals surface area contributed by atoms with E-state index in [2.05, 4.69) is 27.8 Å². The van der Waals surface area contributed by atoms with Gasteiger partial charge in [-0.05, 0) is 92.7 Å². The van der Waals surface area contributed by atoms with Crippen molar-refractivity contribution in [2.75, 3.05) is 32.6 Å². The number of aryl methyl sites for hydroxylation is 2. The maximum absolute atomic E-state index is 14.7. The van der Waals surface area contributed by atoms with Crippen molar-refractivity contribution in [2.24, 2.45) is 18.9 Å². The number of thiol groups is 1. The van der Waals surface area contributed by atoms with Gasteiger partial charge in [-0.2, -0.15) is 13.2 Å². The van der Waals surface area contributed by atoms with Gasteiger partial charge in [0.05, 0.1) is 28.8 Å². The van der Waals surface area contributed by atoms with Crippen molar-refractivity contribution in [3.05, 3.63) is 83.4 Å². The van der Waals surface area contributed by atoms with Gasteiger partial charge < -0.3 is 19.8 Å². The number of nitrogens with one attached hydrogen (secondary N) is 2. The number of aliphatic hydroxyl groups excluding tert-OH is 1. The molecule has 3 N–H and O–H groups in total. The van der Waals surface area contributed by atoms with Crippen LogP contribution in [0.15, 0.2) is 60.7 Å². The lowest BCUT2D eigenvalue weighted by molar-refractivity contribution is -0.137. The number of benzene rings is 3. The Hall–Kier alpha value is -3.92. The zero-order valence-corrected chi connectivity index (χ0v) is 30.1. The third kappa shape index (κ3) is 9.35. The van der Waals surface area contributed by atoms with E-state index in [-0.39, 0.29) is 19.3 Å². The lowest BCUT2D eigenvalue weighted by Gasteiger charge is -2.46. The minimum Gasteiger partial charge on any atom is -0.400 e. The second-order valence-corrected chi connectivity index (χ2v) is 13.4. The highest BCUT2D eigenvalue weighted by atomic mass is 32.1. The molecule has 2 unspecified atom stereocenters. The van der Waals surface area contributed by atoms with E-state index < -0.39 is 65.4 Å². The summed E-state index contributed by atoms with van der Waals surface area (Å²) in [5.41, 5.74) is 2.75. The van der Waals surface area contributed by atoms with Crippen LogP contribution in [0.4, 0.5) is 32.0 Å². The number of aromatic nitrogens is 2. The molecule has 3 aromatic carbocycles. The number of hydrogen-bond acceptors (Lipinski definition) is 7. The second-order valence-electron chi connectivity index (χ2n) is 12.9. The number of carbonyl (C=O) groups is 2. The Morgan fingerprint density at radius 1 is 1.04 bits per heavy atom. The number of nitrogens with zero attached hydrogens (tertiary/aromatic N) is 3. The molecule has 1 aliphatic carbocycles. The summed E-state index contributed by atoms with van der Waals surface area (Å²) in [6.07, 6.45) is -3.66. The topological polar surface area (TPSA) is 99.5 Å². The van der Waals surface area contributed by atoms with E-state index in [1.54, 1.807) is 11.9 Å². The van der Waals surface area contributed by atoms with Gasteiger partial charge in [-0.3, -0.25) is 14.4 Å². The van der Waals surface area contributed by atoms with Gasteiger partial charge in [-0.1, -0.05) is 43.1 Å². The van der Waals surface area contributed by atoms with Crippen LogP contribution in [0, 0.1) is 24.6 Å². The first kappa shape index (κ1) is 40.8. The SMILES string of the molecule is CNS.CO.Cc1nc2cc(-c3ccc(C4C[C@H](N5CCCC(F)(F)C5)CC(C(=O)Nc5ccc(C(F)(F)F)cc5F)[C@@H]4C=O)cc3)ccc2n1C. The Balaban J connectivity index is 0.00000115. The number of likely N-dealkylation sites (tertiary alicyclic amines) is 1. The summed E-state index contributed by atoms with van der Waals surface area (Å²) < 4.78 is 87.3. The number of imidazole rings is 1. The molecule has 0 radical (unpaired) electrons. The molecule has 2 fully saturated rings. The van der Waals surface area contributed by atoms with Crippen LogP contribution in [0.1, 0.15) is 48.6 Å². The highest BCUT2D eigenvalue weighted by Gasteiger charge is 2.46. The Labute approximate surface area is 304 Å². The van der Waals surface area contributed by atoms with E-state index in [0.29, 0.717) is 31.4 Å². The van der Waals surface area contributed by atoms with Crippen molar-refractivity contribution >= 4 is 41.7 Å². The first-order valence-corrected chi connectivity index (χ1v) is 17.1. The highest BCUT2D eigenvalue weighted by molar-refractivity contribution is 7.78. The maximum atomic E-state index is 14.7. The summed E-state index contributed by atoms with van der Waals surface area (Å²) in [5, 5.41) is 9.37. The van der Waals surface area contributed by atoms with Gasteiger partial charge in [-0.25, -0.2) is 18.2 Å². The average Bonchev–Trinajstić information content (AvgIpc) is 3.40. The molecular formula is C37H43F6N5O3S. The van der Waals surface area contributed by atoms with Crippen molar-refractivity contribution in [1.82, 2.24) is 19.2 Å². The second kappa shape index (κ2) is 17.3. The maximum Gasteiger partial charge on any atom is 0.416 e. The van der Waals surface area contributed by atoms with Crippen LogP contribution in [-0.2, 0) is 22.8 Å². The number of anilines is 1. The van der Waals surface area contributed by atoms with Crippen molar-refractivity contribution in [3.8, 4) is 11.1 Å². The summed E-state index contributed by atoms with van der Waals surface area (Å²) in [4.78, 5) is 32.5. The molecule has 2 aliphatic rings. The average molecular weight is 752 g/mol. The summed E-state index contributed by atoms with van der Waals surface area (Å²) in [7, 11) is 4.68. The molecule has 1 aromatic heterocycles. The molecule has 1 saturated carbocycles. The summed E-state index contributed by atoms with van der Waals surface area (Å²) in [6, 6.07) is 14.8. The van der Waals surface area contributed by atoms with E-state index in [4.69, 9.17) is 5.11 Å². The van der Waals surface area contributed by atoms with Gasteiger partial charge in [-0.15, -0.1) is 0 Å². The number of alkyl halides is 5. The van der Waals surface area contributed by atoms with Gasteiger partial charge in [0.1, 0.15) is 17.9 Å². The Kier molecular flexibility index (Phi) is 13.6. The normalized spacial score (nSPS) is 21.7. The van der Waals surface area contributed by atoms with Gasteiger partial charge in [0, 0.05) is 38.5 Å². The van der Waals surface area contributed by atoms with Crippen LogP contribution in [-0.4, -0.2) is 71.0 Å². The minimum absolute atomic E-state index is 0.0612. The van der Waals surface area contributed by atoms with Gasteiger partial charge in [0.2, 0.25) is 5.91 Å². The van der Waals surface area contributed by atoms with Crippen molar-refractivity contribution < 1.29 is 41.0 Å². The quantitative estimate of drug-likeness (QED) is 0.0931. The highest BCUT2D eigenvalue weighted by Crippen LogP contribution is 2.45. The van der Waals surface area contributed by atoms with Crippen molar-refractivity contribution in [1.29, 1.82) is 0 Å². The number of fused-ring (bicyclic) bond motifs is 1. The van der Waals surface area contributed by atoms with Gasteiger partial charge in [0.25, 0.3) is 5.92 Å². The summed E-state index contributed by atoms with van der Waals surface area (Å²) >= 11 is 3.54. The summed E-state index contributed by atoms with van der Waals surface area (Å²) in [6.45, 7) is 1.84. The van der Waals surface area contributed by atoms with E-state index in [1.807, 2.05) is 61.0 Å². The third-order valence-corrected chi connectivity index (χ3v) is 9.74. The van der Waals surface area contributed by atoms with Crippen LogP contribution in [0.3, 0.4) is 0 Å². The zero-order valence-electron chi connectivity index (χ0n) is 29.2. The summed E-state index contributed by atoms with van der Waals surface area (Å²) in [5.74, 6) is -6.49. The fraction of sp³-hybridized carbons (Fsp3) is 0.432. The Bertz CT molecular complexity index is 1840. The molecule has 0 spiro atoms. The molecule has 6 rings (SSSR count). The van der Waals surface area contributed by atoms with Crippen molar-refractivity contribution in [2.45, 2.75) is 56.7 Å². The first-order chi connectivity index (χ1) is 24.6. The van der Waals surface area contributed by atoms with Gasteiger partial charge >= 0.3 is 6.18 Å². The third-order valence-electron chi connectivity index (χ3n) is 9.74. The van der Waals surface area contributed by atoms with Crippen LogP contribution in [0.25, 0.3) is 22.2 Å². The van der Waals surface area contributed by atoms with Gasteiger partial charge in [0.15, 0.2) is 0 Å². The molecule has 8 nitrogen and oxygen atoms in total. The Morgan fingerprint density at radius 3 is 2.29 bits per heavy atom. The van der Waals surface area contributed by atoms with Crippen LogP contribution < -0.4 is 10.0 Å². The molecule has 1 saturated heterocycles. The molecule has 4 aromatic rings. The molecular weight excluding hydrogens is 708 g/mol. The number of aliphatic hydroxyl groups is 1. The largest absolute Gasteiger partial charge is 0.416 e. The van der Waals surface area contributed by atoms with E-state index in [0.717, 1.165) is 46.7 Å². The lowest BCUT2D eigenvalue weighted by Crippen LogP contribution is -2.52. The fourth-order valence-corrected chi connectivity index (χ4v) is 7.15. The van der Waals surface area contributed by atoms with Crippen LogP contribution in [0.5, 0.6) is 0 Å². The number of carbonyl (C=O) groups excluding carboxylic acids is 2. The molecule has 0 bridgehead atoms. The number of rotatable bonds is 6. The number of piperidine rings is 1. The molecule has 4 atom stereocenters. The first-order valence-electron chi connectivity index (χ1n) is 16.7. The minimum atomic E-state index is -4.77. The van der Waals surface area contributed by atoms with E-state index >= 15 is 0 Å². The molecule has 282 valence electrons. The molecule has 52 heavy (non-hydrogen) atoms. The number of hydrogen-bond donors (Lipinski definition) is 4. The Morgan fingerprint density at radius 2 is 1.69 bits per heavy atom. The standard InChI is InChI=1S/C35H34F6N4O2.CH5NS.CH4O/c1-20-42-31-14-23(8-11-32(31)44(20)2)21-4-6-22(7-5-21)26-16-25(45-13-3-12-34(37,38)19-45)17-27(28(26)18-46)33(47)43-30-10-9-24(15-29(30)36)35(39,40)41;1-2-3;1-2/h4-11,14-15,18,25-28H,3,12-13,16-17,19H2,1-2H3,(H,43,47);2-3H,1H3;2H,1H3/t25-,26?,27?,28+;;/m0../s1. The van der Waals surface area contributed by atoms with E-state index in [1.165, 1.54) is 0 Å². The predicted molar refractivity (Wildman–Crippen MR) is 192 cm³/mol. The molecule has 1 amide bonds. The molecule has 1 aliphatic heterocycles. The number of aldehydes is 1. The number of amides is 1. The van der Waals surface area contributed by atoms with Crippen molar-refractivity contribution in [3.63, 3.8) is 0 Å². The monoisotopic (exact) mass is 751 g/mol. The van der Waals surface area contributed by atoms with E-state index in [9.17, 15) is 35.9 Å². The van der Waals surface area contributed by atoms with Crippen LogP contribution >= 0.6 is 12.8 Å². The smallest absolute Gasteiger partial charge is 0.400 e. The predicted octanol–water partition coefficient (Wildman–Crippen LogP) is 7.41.